The molecule has 0 radical (unpaired) electrons. The van der Waals surface area contributed by atoms with Crippen LogP contribution in [0.4, 0.5) is 10.1 Å². The third-order valence-corrected chi connectivity index (χ3v) is 6.50. The molecule has 0 aromatic heterocycles. The Morgan fingerprint density at radius 3 is 1.97 bits per heavy atom. The van der Waals surface area contributed by atoms with Crippen molar-refractivity contribution < 1.29 is 18.4 Å². The quantitative estimate of drug-likeness (QED) is 0.490. The van der Waals surface area contributed by atoms with Gasteiger partial charge < -0.3 is 15.2 Å². The van der Waals surface area contributed by atoms with Crippen molar-refractivity contribution in [2.45, 2.75) is 70.2 Å². The van der Waals surface area contributed by atoms with Gasteiger partial charge in [0.25, 0.3) is 0 Å². The van der Waals surface area contributed by atoms with Crippen LogP contribution in [-0.4, -0.2) is 22.8 Å². The molecule has 0 bridgehead atoms. The van der Waals surface area contributed by atoms with E-state index in [2.05, 4.69) is 9.68 Å². The van der Waals surface area contributed by atoms with Crippen molar-refractivity contribution in [3.8, 4) is 0 Å². The van der Waals surface area contributed by atoms with Gasteiger partial charge in [-0.3, -0.25) is 0 Å². The summed E-state index contributed by atoms with van der Waals surface area (Å²) >= 11 is 0. The zero-order valence-corrected chi connectivity index (χ0v) is 20.1. The number of ether oxygens (including phenoxy) is 1. The molecule has 0 heterocycles. The number of nitrogens with zero attached hydrogens (tertiary/aromatic N) is 1. The standard InChI is InChI=1S/C23H34FN3O3S/c1-14(2)19-12-17(24)13-20(15(3)4)21(19)26-22(30-7)27-31(25,29)18-10-8-16(9-11-18)23(5,6)28/h8-15,22,26,28H,1-7H3,(H2,25,27,29). The first-order valence-corrected chi connectivity index (χ1v) is 11.8. The largest absolute Gasteiger partial charge is 0.386 e. The summed E-state index contributed by atoms with van der Waals surface area (Å²) in [6.07, 6.45) is -1.01. The van der Waals surface area contributed by atoms with Crippen molar-refractivity contribution in [3.05, 3.63) is 58.9 Å². The molecule has 0 saturated heterocycles. The molecule has 0 spiro atoms. The smallest absolute Gasteiger partial charge is 0.235 e. The van der Waals surface area contributed by atoms with Crippen LogP contribution in [0.25, 0.3) is 0 Å². The second-order valence-corrected chi connectivity index (χ2v) is 10.6. The number of hydrogen-bond acceptors (Lipinski definition) is 5. The van der Waals surface area contributed by atoms with Crippen LogP contribution in [0.1, 0.15) is 70.1 Å². The number of hydrogen-bond donors (Lipinski definition) is 3. The summed E-state index contributed by atoms with van der Waals surface area (Å²) in [6.45, 7) is 11.2. The third-order valence-electron chi connectivity index (χ3n) is 5.05. The average molecular weight is 452 g/mol. The maximum atomic E-state index is 14.2. The zero-order chi connectivity index (χ0) is 23.6. The molecule has 0 aliphatic carbocycles. The molecule has 0 fully saturated rings. The molecule has 172 valence electrons. The second-order valence-electron chi connectivity index (χ2n) is 8.76. The van der Waals surface area contributed by atoms with Crippen LogP contribution in [-0.2, 0) is 20.3 Å². The van der Waals surface area contributed by atoms with E-state index in [0.29, 0.717) is 16.1 Å². The Morgan fingerprint density at radius 2 is 1.58 bits per heavy atom. The first-order chi connectivity index (χ1) is 14.3. The van der Waals surface area contributed by atoms with Gasteiger partial charge in [-0.15, -0.1) is 0 Å². The molecule has 2 aromatic carbocycles. The van der Waals surface area contributed by atoms with E-state index >= 15 is 0 Å². The molecule has 2 atom stereocenters. The van der Waals surface area contributed by atoms with E-state index in [-0.39, 0.29) is 17.7 Å². The highest BCUT2D eigenvalue weighted by atomic mass is 32.2. The van der Waals surface area contributed by atoms with E-state index in [1.54, 1.807) is 38.1 Å². The number of nitrogens with two attached hydrogens (primary N) is 1. The van der Waals surface area contributed by atoms with Gasteiger partial charge in [0.2, 0.25) is 6.35 Å². The summed E-state index contributed by atoms with van der Waals surface area (Å²) in [6, 6.07) is 9.48. The molecular weight excluding hydrogens is 417 g/mol. The molecule has 0 aliphatic heterocycles. The van der Waals surface area contributed by atoms with Gasteiger partial charge in [-0.25, -0.2) is 13.7 Å². The molecule has 0 saturated carbocycles. The van der Waals surface area contributed by atoms with Crippen LogP contribution in [0.15, 0.2) is 45.7 Å². The van der Waals surface area contributed by atoms with Crippen molar-refractivity contribution in [1.29, 1.82) is 0 Å². The van der Waals surface area contributed by atoms with Crippen LogP contribution >= 0.6 is 0 Å². The maximum Gasteiger partial charge on any atom is 0.235 e. The summed E-state index contributed by atoms with van der Waals surface area (Å²) in [5.41, 5.74) is 1.90. The molecule has 6 nitrogen and oxygen atoms in total. The number of nitrogens with one attached hydrogen (secondary N) is 1. The summed E-state index contributed by atoms with van der Waals surface area (Å²) < 4.78 is 37.0. The Bertz CT molecular complexity index is 992. The van der Waals surface area contributed by atoms with Crippen LogP contribution in [0.3, 0.4) is 0 Å². The number of halogens is 1. The van der Waals surface area contributed by atoms with Crippen LogP contribution in [0.5, 0.6) is 0 Å². The molecule has 8 heteroatoms. The van der Waals surface area contributed by atoms with Gasteiger partial charge in [-0.2, -0.15) is 4.36 Å². The van der Waals surface area contributed by atoms with Crippen molar-refractivity contribution in [1.82, 2.24) is 0 Å². The number of rotatable bonds is 8. The lowest BCUT2D eigenvalue weighted by molar-refractivity contribution is 0.0785. The summed E-state index contributed by atoms with van der Waals surface area (Å²) in [4.78, 5) is 0.316. The van der Waals surface area contributed by atoms with Crippen molar-refractivity contribution in [2.75, 3.05) is 12.4 Å². The van der Waals surface area contributed by atoms with E-state index < -0.39 is 21.9 Å². The van der Waals surface area contributed by atoms with Gasteiger partial charge in [-0.1, -0.05) is 39.8 Å². The van der Waals surface area contributed by atoms with Crippen LogP contribution in [0.2, 0.25) is 0 Å². The second kappa shape index (κ2) is 9.65. The maximum absolute atomic E-state index is 14.2. The predicted molar refractivity (Wildman–Crippen MR) is 124 cm³/mol. The normalized spacial score (nSPS) is 15.1. The molecule has 2 unspecified atom stereocenters. The number of anilines is 1. The predicted octanol–water partition coefficient (Wildman–Crippen LogP) is 5.04. The van der Waals surface area contributed by atoms with E-state index in [9.17, 15) is 13.7 Å². The minimum atomic E-state index is -3.30. The molecule has 2 aromatic rings. The van der Waals surface area contributed by atoms with Crippen LogP contribution < -0.4 is 10.5 Å². The van der Waals surface area contributed by atoms with Gasteiger partial charge in [0.05, 0.1) is 10.5 Å². The van der Waals surface area contributed by atoms with Crippen LogP contribution in [0, 0.1) is 5.82 Å². The minimum absolute atomic E-state index is 0.0461. The van der Waals surface area contributed by atoms with Gasteiger partial charge in [0.1, 0.15) is 15.7 Å². The number of methoxy groups -OCH3 is 1. The van der Waals surface area contributed by atoms with Crippen molar-refractivity contribution >= 4 is 15.6 Å². The lowest BCUT2D eigenvalue weighted by Crippen LogP contribution is -2.26. The SMILES string of the molecule is COC(N=S(N)(=O)c1ccc(C(C)(C)O)cc1)Nc1c(C(C)C)cc(F)cc1C(C)C. The highest BCUT2D eigenvalue weighted by Gasteiger charge is 2.21. The van der Waals surface area contributed by atoms with Crippen molar-refractivity contribution in [3.63, 3.8) is 0 Å². The highest BCUT2D eigenvalue weighted by molar-refractivity contribution is 7.91. The summed E-state index contributed by atoms with van der Waals surface area (Å²) in [5.74, 6) is -0.215. The molecule has 2 rings (SSSR count). The first-order valence-electron chi connectivity index (χ1n) is 10.3. The fraction of sp³-hybridized carbons (Fsp3) is 0.478. The Hall–Kier alpha value is -2.00. The van der Waals surface area contributed by atoms with Gasteiger partial charge in [-0.05, 0) is 66.6 Å². The van der Waals surface area contributed by atoms with Crippen molar-refractivity contribution in [2.24, 2.45) is 9.50 Å². The minimum Gasteiger partial charge on any atom is -0.386 e. The van der Waals surface area contributed by atoms with Gasteiger partial charge in [0, 0.05) is 12.8 Å². The number of aliphatic hydroxyl groups is 1. The monoisotopic (exact) mass is 451 g/mol. The zero-order valence-electron chi connectivity index (χ0n) is 19.3. The van der Waals surface area contributed by atoms with Gasteiger partial charge in [0.15, 0.2) is 0 Å². The Morgan fingerprint density at radius 1 is 1.10 bits per heavy atom. The Balaban J connectivity index is 2.47. The Labute approximate surface area is 185 Å². The fourth-order valence-electron chi connectivity index (χ4n) is 3.24. The summed E-state index contributed by atoms with van der Waals surface area (Å²) in [7, 11) is -1.86. The van der Waals surface area contributed by atoms with E-state index in [0.717, 1.165) is 11.1 Å². The highest BCUT2D eigenvalue weighted by Crippen LogP contribution is 2.34. The average Bonchev–Trinajstić information content (AvgIpc) is 2.67. The van der Waals surface area contributed by atoms with E-state index in [4.69, 9.17) is 9.88 Å². The molecule has 4 N–H and O–H groups in total. The number of benzene rings is 2. The lowest BCUT2D eigenvalue weighted by atomic mass is 9.92. The first kappa shape index (κ1) is 25.3. The summed E-state index contributed by atoms with van der Waals surface area (Å²) in [5, 5.41) is 19.3. The Kier molecular flexibility index (Phi) is 7.86. The molecule has 0 amide bonds. The molecule has 31 heavy (non-hydrogen) atoms. The van der Waals surface area contributed by atoms with Gasteiger partial charge >= 0.3 is 0 Å². The topological polar surface area (TPSA) is 96.9 Å². The molecular formula is C23H34FN3O3S. The third kappa shape index (κ3) is 6.26. The molecule has 0 aliphatic rings. The fourth-order valence-corrected chi connectivity index (χ4v) is 4.31. The lowest BCUT2D eigenvalue weighted by Gasteiger charge is -2.24. The van der Waals surface area contributed by atoms with E-state index in [1.165, 1.54) is 19.2 Å². The van der Waals surface area contributed by atoms with E-state index in [1.807, 2.05) is 27.7 Å².